The highest BCUT2D eigenvalue weighted by molar-refractivity contribution is 5.79. The highest BCUT2D eigenvalue weighted by Gasteiger charge is 2.68. The van der Waals surface area contributed by atoms with Gasteiger partial charge in [-0.2, -0.15) is 0 Å². The first-order chi connectivity index (χ1) is 24.6. The Morgan fingerprint density at radius 2 is 1.51 bits per heavy atom. The molecule has 11 nitrogen and oxygen atoms in total. The molecule has 0 radical (unpaired) electrons. The second-order valence-electron chi connectivity index (χ2n) is 17.6. The number of carbonyl (C=O) groups excluding carboxylic acids is 1. The molecule has 3 N–H and O–H groups in total. The lowest BCUT2D eigenvalue weighted by molar-refractivity contribution is -0.292. The van der Waals surface area contributed by atoms with E-state index >= 15 is 0 Å². The molecule has 0 saturated carbocycles. The topological polar surface area (TPSA) is 137 Å². The van der Waals surface area contributed by atoms with Gasteiger partial charge in [0.2, 0.25) is 0 Å². The van der Waals surface area contributed by atoms with Gasteiger partial charge in [0.05, 0.1) is 61.0 Å². The third-order valence-corrected chi connectivity index (χ3v) is 14.2. The van der Waals surface area contributed by atoms with Crippen LogP contribution >= 0.6 is 0 Å². The van der Waals surface area contributed by atoms with Crippen LogP contribution in [0.4, 0.5) is 0 Å². The van der Waals surface area contributed by atoms with E-state index in [1.54, 1.807) is 0 Å². The van der Waals surface area contributed by atoms with Crippen LogP contribution in [0.15, 0.2) is 24.3 Å². The van der Waals surface area contributed by atoms with Gasteiger partial charge in [-0.1, -0.05) is 27.0 Å². The number of carbonyl (C=O) groups is 1. The van der Waals surface area contributed by atoms with Crippen LogP contribution in [0.3, 0.4) is 0 Å². The highest BCUT2D eigenvalue weighted by Crippen LogP contribution is 2.54. The molecule has 1 unspecified atom stereocenters. The van der Waals surface area contributed by atoms with Gasteiger partial charge in [-0.3, -0.25) is 4.79 Å². The van der Waals surface area contributed by atoms with Crippen molar-refractivity contribution in [3.8, 4) is 0 Å². The van der Waals surface area contributed by atoms with E-state index < -0.39 is 11.9 Å². The summed E-state index contributed by atoms with van der Waals surface area (Å²) < 4.78 is 54.0. The minimum absolute atomic E-state index is 0.00127. The Morgan fingerprint density at radius 3 is 2.35 bits per heavy atom. The minimum atomic E-state index is -0.765. The predicted octanol–water partition coefficient (Wildman–Crippen LogP) is 4.06. The standard InChI is InChI=1S/C40H59NO10/c1-19-11-25-5-7-29-20(2)12-27(44-29)9-10-40-17-34-36(50-40)37-38(49-34)39(51-40)35-30(48-37)8-6-26(46-35)13-23(42)14-28-22(4)31(15-24(43)18-41)47-33(28)16-32(45-25)21(19)3/h19,22,24-39,43H,2-3,5-18,41H2,1,4H3/t19-,22-,24+,25+,26-,27+,28-,29+,30+,31-,32-,33+,34-,35+,36+,37?,38-,39+,40+/m1/s1. The summed E-state index contributed by atoms with van der Waals surface area (Å²) in [5.41, 5.74) is 8.06. The Morgan fingerprint density at radius 1 is 0.765 bits per heavy atom. The second-order valence-corrected chi connectivity index (χ2v) is 17.6. The second kappa shape index (κ2) is 13.8. The fourth-order valence-corrected chi connectivity index (χ4v) is 11.3. The van der Waals surface area contributed by atoms with Crippen molar-refractivity contribution in [2.24, 2.45) is 23.5 Å². The van der Waals surface area contributed by atoms with E-state index in [2.05, 4.69) is 27.0 Å². The smallest absolute Gasteiger partial charge is 0.172 e. The number of nitrogens with two attached hydrogens (primary N) is 1. The highest BCUT2D eigenvalue weighted by atomic mass is 16.8. The lowest BCUT2D eigenvalue weighted by Crippen LogP contribution is -2.61. The zero-order valence-electron chi connectivity index (χ0n) is 30.4. The summed E-state index contributed by atoms with van der Waals surface area (Å²) in [4.78, 5) is 14.0. The fourth-order valence-electron chi connectivity index (χ4n) is 11.3. The average molecular weight is 714 g/mol. The van der Waals surface area contributed by atoms with Crippen molar-refractivity contribution in [2.45, 2.75) is 195 Å². The van der Waals surface area contributed by atoms with E-state index in [9.17, 15) is 9.90 Å². The first-order valence-electron chi connectivity index (χ1n) is 20.1. The number of aliphatic hydroxyl groups excluding tert-OH is 1. The first-order valence-corrected chi connectivity index (χ1v) is 20.1. The van der Waals surface area contributed by atoms with Crippen LogP contribution in [-0.2, 0) is 42.7 Å². The third-order valence-electron chi connectivity index (χ3n) is 14.2. The maximum atomic E-state index is 14.0. The number of Topliss-reactive ketones (excluding diaryl/α,β-unsaturated/α-hetero) is 1. The van der Waals surface area contributed by atoms with E-state index in [4.69, 9.17) is 43.6 Å². The summed E-state index contributed by atoms with van der Waals surface area (Å²) in [5.74, 6) is -0.222. The number of hydrogen-bond acceptors (Lipinski definition) is 11. The van der Waals surface area contributed by atoms with Crippen molar-refractivity contribution in [1.82, 2.24) is 0 Å². The monoisotopic (exact) mass is 713 g/mol. The summed E-state index contributed by atoms with van der Waals surface area (Å²) in [6, 6.07) is 0. The van der Waals surface area contributed by atoms with E-state index in [1.807, 2.05) is 0 Å². The molecule has 19 atom stereocenters. The molecule has 1 spiro atoms. The molecule has 10 heterocycles. The van der Waals surface area contributed by atoms with Gasteiger partial charge in [-0.15, -0.1) is 0 Å². The number of ether oxygens (including phenoxy) is 8. The molecule has 11 heteroatoms. The summed E-state index contributed by atoms with van der Waals surface area (Å²) in [5, 5.41) is 10.5. The zero-order chi connectivity index (χ0) is 35.2. The molecule has 12 bridgehead atoms. The summed E-state index contributed by atoms with van der Waals surface area (Å²) in [6.07, 6.45) is 6.43. The zero-order valence-corrected chi connectivity index (χ0v) is 30.4. The molecular formula is C40H59NO10. The molecule has 0 aromatic rings. The van der Waals surface area contributed by atoms with Gasteiger partial charge in [0.25, 0.3) is 0 Å². The maximum Gasteiger partial charge on any atom is 0.172 e. The quantitative estimate of drug-likeness (QED) is 0.410. The van der Waals surface area contributed by atoms with E-state index in [-0.39, 0.29) is 110 Å². The molecule has 10 saturated heterocycles. The Labute approximate surface area is 302 Å². The van der Waals surface area contributed by atoms with Gasteiger partial charge in [0.15, 0.2) is 5.79 Å². The number of rotatable bonds is 3. The van der Waals surface area contributed by atoms with E-state index in [1.165, 1.54) is 0 Å². The molecular weight excluding hydrogens is 654 g/mol. The van der Waals surface area contributed by atoms with Gasteiger partial charge in [0, 0.05) is 45.1 Å². The molecule has 51 heavy (non-hydrogen) atoms. The summed E-state index contributed by atoms with van der Waals surface area (Å²) in [7, 11) is 0. The molecule has 0 aliphatic carbocycles. The van der Waals surface area contributed by atoms with Crippen molar-refractivity contribution in [3.63, 3.8) is 0 Å². The first kappa shape index (κ1) is 35.5. The Hall–Kier alpha value is -1.25. The van der Waals surface area contributed by atoms with Gasteiger partial charge in [0.1, 0.15) is 36.3 Å². The Kier molecular flexibility index (Phi) is 9.59. The Balaban J connectivity index is 0.986. The van der Waals surface area contributed by atoms with Gasteiger partial charge in [-0.05, 0) is 73.8 Å². The molecule has 10 aliphatic rings. The number of hydrogen-bond donors (Lipinski definition) is 2. The molecule has 10 aliphatic heterocycles. The maximum absolute atomic E-state index is 14.0. The van der Waals surface area contributed by atoms with E-state index in [0.717, 1.165) is 56.1 Å². The van der Waals surface area contributed by atoms with Gasteiger partial charge in [-0.25, -0.2) is 0 Å². The van der Waals surface area contributed by atoms with Crippen LogP contribution in [0.2, 0.25) is 0 Å². The fraction of sp³-hybridized carbons (Fsp3) is 0.875. The largest absolute Gasteiger partial charge is 0.392 e. The lowest BCUT2D eigenvalue weighted by atomic mass is 9.78. The number of ketones is 1. The minimum Gasteiger partial charge on any atom is -0.392 e. The SMILES string of the molecule is C=C1C[C@@H]2CC[C@@]34C[C@H]5O[C@@H]6C(O[C@H]7CC[C@H](CC(=O)C[C@@H]8[C@@H](C)[C@@H](C[C@H](O)CN)O[C@H]8C[C@H]8O[C@@H](CC[C@@H]1O2)C[C@@H](C)C8=C)O[C@@H]7[C@@H]6O3)[C@H]5O4. The van der Waals surface area contributed by atoms with Crippen LogP contribution < -0.4 is 5.73 Å². The van der Waals surface area contributed by atoms with Crippen molar-refractivity contribution >= 4 is 5.78 Å². The van der Waals surface area contributed by atoms with Crippen LogP contribution in [0.25, 0.3) is 0 Å². The third kappa shape index (κ3) is 6.53. The summed E-state index contributed by atoms with van der Waals surface area (Å²) in [6.45, 7) is 13.5. The van der Waals surface area contributed by atoms with Gasteiger partial charge >= 0.3 is 0 Å². The number of aliphatic hydroxyl groups is 1. The van der Waals surface area contributed by atoms with E-state index in [0.29, 0.717) is 44.4 Å². The molecule has 10 rings (SSSR count). The van der Waals surface area contributed by atoms with Crippen LogP contribution in [0.5, 0.6) is 0 Å². The van der Waals surface area contributed by atoms with Crippen LogP contribution in [0.1, 0.15) is 97.3 Å². The normalized spacial score (nSPS) is 53.2. The molecule has 10 fully saturated rings. The van der Waals surface area contributed by atoms with Crippen LogP contribution in [0, 0.1) is 17.8 Å². The molecule has 0 aromatic heterocycles. The van der Waals surface area contributed by atoms with Crippen LogP contribution in [-0.4, -0.2) is 115 Å². The van der Waals surface area contributed by atoms with Crippen molar-refractivity contribution < 1.29 is 47.8 Å². The van der Waals surface area contributed by atoms with Crippen molar-refractivity contribution in [3.05, 3.63) is 24.3 Å². The molecule has 284 valence electrons. The lowest BCUT2D eigenvalue weighted by Gasteiger charge is -2.47. The Bertz CT molecular complexity index is 1360. The predicted molar refractivity (Wildman–Crippen MR) is 185 cm³/mol. The molecule has 0 amide bonds. The average Bonchev–Trinajstić information content (AvgIpc) is 3.77. The van der Waals surface area contributed by atoms with Crippen molar-refractivity contribution in [2.75, 3.05) is 6.54 Å². The molecule has 0 aromatic carbocycles. The van der Waals surface area contributed by atoms with Gasteiger partial charge < -0.3 is 48.7 Å². The number of fused-ring (bicyclic) bond motifs is 6. The summed E-state index contributed by atoms with van der Waals surface area (Å²) >= 11 is 0. The van der Waals surface area contributed by atoms with Crippen molar-refractivity contribution in [1.29, 1.82) is 0 Å².